The maximum atomic E-state index is 13.3. The molecule has 2 rings (SSSR count). The predicted molar refractivity (Wildman–Crippen MR) is 77.5 cm³/mol. The van der Waals surface area contributed by atoms with E-state index in [-0.39, 0.29) is 12.4 Å². The molecule has 20 heavy (non-hydrogen) atoms. The van der Waals surface area contributed by atoms with Crippen molar-refractivity contribution in [1.29, 1.82) is 0 Å². The average molecular weight is 265 g/mol. The zero-order chi connectivity index (χ0) is 14.4. The Balaban J connectivity index is 2.20. The van der Waals surface area contributed by atoms with Gasteiger partial charge in [-0.05, 0) is 18.2 Å². The Morgan fingerprint density at radius 1 is 1.35 bits per heavy atom. The fraction of sp³-hybridized carbons (Fsp3) is 0.188. The molecule has 0 atom stereocenters. The van der Waals surface area contributed by atoms with Gasteiger partial charge in [0, 0.05) is 18.7 Å². The number of hydrogen-bond donors (Lipinski definition) is 0. The molecule has 2 nitrogen and oxygen atoms in total. The lowest BCUT2D eigenvalue weighted by atomic mass is 9.95. The molecular formula is C16H13BFNO. The highest BCUT2D eigenvalue weighted by atomic mass is 19.1. The summed E-state index contributed by atoms with van der Waals surface area (Å²) in [5, 5.41) is 0. The molecule has 2 radical (unpaired) electrons. The minimum Gasteiger partial charge on any atom is -0.486 e. The number of ether oxygens (including phenoxy) is 1. The first kappa shape index (κ1) is 14.1. The molecule has 0 aliphatic rings. The van der Waals surface area contributed by atoms with E-state index in [4.69, 9.17) is 12.6 Å². The minimum absolute atomic E-state index is 0.178. The van der Waals surface area contributed by atoms with E-state index in [1.54, 1.807) is 24.4 Å². The highest BCUT2D eigenvalue weighted by Crippen LogP contribution is 2.20. The van der Waals surface area contributed by atoms with Crippen LogP contribution in [0, 0.1) is 17.7 Å². The SMILES string of the molecule is [B]c1cccnc1COc1cc(F)ccc1C#CCC. The number of pyridine rings is 1. The largest absolute Gasteiger partial charge is 0.486 e. The molecule has 0 aliphatic carbocycles. The normalized spacial score (nSPS) is 9.70. The van der Waals surface area contributed by atoms with E-state index in [0.717, 1.165) is 6.42 Å². The van der Waals surface area contributed by atoms with Crippen LogP contribution < -0.4 is 10.2 Å². The molecule has 0 fully saturated rings. The van der Waals surface area contributed by atoms with Crippen LogP contribution in [0.1, 0.15) is 24.6 Å². The number of rotatable bonds is 3. The maximum Gasteiger partial charge on any atom is 0.138 e. The van der Waals surface area contributed by atoms with Crippen molar-refractivity contribution in [3.05, 3.63) is 53.6 Å². The van der Waals surface area contributed by atoms with E-state index in [1.165, 1.54) is 12.1 Å². The van der Waals surface area contributed by atoms with E-state index in [1.807, 2.05) is 6.92 Å². The van der Waals surface area contributed by atoms with Gasteiger partial charge in [-0.15, -0.1) is 0 Å². The van der Waals surface area contributed by atoms with Gasteiger partial charge in [0.05, 0.1) is 11.3 Å². The molecule has 0 spiro atoms. The number of halogens is 1. The number of aromatic nitrogens is 1. The molecule has 0 aliphatic heterocycles. The fourth-order valence-electron chi connectivity index (χ4n) is 1.62. The summed E-state index contributed by atoms with van der Waals surface area (Å²) < 4.78 is 18.9. The summed E-state index contributed by atoms with van der Waals surface area (Å²) in [6, 6.07) is 7.78. The van der Waals surface area contributed by atoms with Crippen molar-refractivity contribution in [2.45, 2.75) is 20.0 Å². The Bertz CT molecular complexity index is 661. The van der Waals surface area contributed by atoms with Gasteiger partial charge in [0.1, 0.15) is 26.0 Å². The van der Waals surface area contributed by atoms with E-state index < -0.39 is 0 Å². The van der Waals surface area contributed by atoms with E-state index in [9.17, 15) is 4.39 Å². The lowest BCUT2D eigenvalue weighted by Gasteiger charge is -2.09. The second-order valence-corrected chi connectivity index (χ2v) is 4.12. The van der Waals surface area contributed by atoms with Crippen molar-refractivity contribution in [3.8, 4) is 17.6 Å². The smallest absolute Gasteiger partial charge is 0.138 e. The zero-order valence-electron chi connectivity index (χ0n) is 11.2. The molecule has 0 unspecified atom stereocenters. The van der Waals surface area contributed by atoms with Crippen LogP contribution in [0.3, 0.4) is 0 Å². The molecule has 1 heterocycles. The van der Waals surface area contributed by atoms with Crippen LogP contribution in [0.25, 0.3) is 0 Å². The van der Waals surface area contributed by atoms with Crippen LogP contribution in [-0.4, -0.2) is 12.8 Å². The molecule has 98 valence electrons. The Kier molecular flexibility index (Phi) is 4.78. The fourth-order valence-corrected chi connectivity index (χ4v) is 1.62. The van der Waals surface area contributed by atoms with E-state index in [2.05, 4.69) is 16.8 Å². The van der Waals surface area contributed by atoms with Crippen LogP contribution in [0.2, 0.25) is 0 Å². The molecule has 0 saturated heterocycles. The topological polar surface area (TPSA) is 22.1 Å². The van der Waals surface area contributed by atoms with Gasteiger partial charge in [0.25, 0.3) is 0 Å². The first-order chi connectivity index (χ1) is 9.70. The average Bonchev–Trinajstić information content (AvgIpc) is 2.45. The van der Waals surface area contributed by atoms with Gasteiger partial charge in [-0.3, -0.25) is 4.98 Å². The molecule has 4 heteroatoms. The predicted octanol–water partition coefficient (Wildman–Crippen LogP) is 2.36. The van der Waals surface area contributed by atoms with E-state index in [0.29, 0.717) is 22.5 Å². The quantitative estimate of drug-likeness (QED) is 0.627. The third-order valence-corrected chi connectivity index (χ3v) is 2.63. The maximum absolute atomic E-state index is 13.3. The van der Waals surface area contributed by atoms with Gasteiger partial charge < -0.3 is 4.74 Å². The molecule has 1 aromatic carbocycles. The van der Waals surface area contributed by atoms with Crippen LogP contribution in [0.4, 0.5) is 4.39 Å². The molecular weight excluding hydrogens is 252 g/mol. The molecule has 0 bridgehead atoms. The molecule has 0 saturated carbocycles. The highest BCUT2D eigenvalue weighted by molar-refractivity contribution is 6.33. The Morgan fingerprint density at radius 3 is 2.95 bits per heavy atom. The van der Waals surface area contributed by atoms with Crippen molar-refractivity contribution in [3.63, 3.8) is 0 Å². The van der Waals surface area contributed by atoms with Crippen molar-refractivity contribution >= 4 is 13.3 Å². The highest BCUT2D eigenvalue weighted by Gasteiger charge is 2.05. The zero-order valence-corrected chi connectivity index (χ0v) is 11.2. The summed E-state index contributed by atoms with van der Waals surface area (Å²) in [4.78, 5) is 4.13. The van der Waals surface area contributed by atoms with Gasteiger partial charge in [0.15, 0.2) is 0 Å². The Morgan fingerprint density at radius 2 is 2.20 bits per heavy atom. The number of nitrogens with zero attached hydrogens (tertiary/aromatic N) is 1. The minimum atomic E-state index is -0.365. The third-order valence-electron chi connectivity index (χ3n) is 2.63. The first-order valence-electron chi connectivity index (χ1n) is 6.31. The van der Waals surface area contributed by atoms with Crippen molar-refractivity contribution in [2.24, 2.45) is 0 Å². The Hall–Kier alpha value is -2.28. The number of benzene rings is 1. The second-order valence-electron chi connectivity index (χ2n) is 4.12. The summed E-state index contributed by atoms with van der Waals surface area (Å²) >= 11 is 0. The van der Waals surface area contributed by atoms with Crippen molar-refractivity contribution in [2.75, 3.05) is 0 Å². The van der Waals surface area contributed by atoms with E-state index >= 15 is 0 Å². The standard InChI is InChI=1S/C16H13BFNO/c1-2-3-5-12-7-8-13(18)10-16(12)20-11-15-14(17)6-4-9-19-15/h4,6-10H,2,11H2,1H3. The molecule has 0 N–H and O–H groups in total. The molecule has 1 aromatic heterocycles. The van der Waals surface area contributed by atoms with Gasteiger partial charge in [-0.25, -0.2) is 4.39 Å². The third kappa shape index (κ3) is 3.61. The van der Waals surface area contributed by atoms with Crippen molar-refractivity contribution in [1.82, 2.24) is 4.98 Å². The van der Waals surface area contributed by atoms with Crippen molar-refractivity contribution < 1.29 is 9.13 Å². The van der Waals surface area contributed by atoms with Crippen LogP contribution in [0.5, 0.6) is 5.75 Å². The number of hydrogen-bond acceptors (Lipinski definition) is 2. The summed E-state index contributed by atoms with van der Waals surface area (Å²) in [5.74, 6) is 5.92. The van der Waals surface area contributed by atoms with Gasteiger partial charge in [-0.2, -0.15) is 0 Å². The summed E-state index contributed by atoms with van der Waals surface area (Å²) in [7, 11) is 5.79. The lowest BCUT2D eigenvalue weighted by molar-refractivity contribution is 0.300. The first-order valence-corrected chi connectivity index (χ1v) is 6.31. The van der Waals surface area contributed by atoms with Gasteiger partial charge in [-0.1, -0.05) is 30.3 Å². The lowest BCUT2D eigenvalue weighted by Crippen LogP contribution is -2.14. The summed E-state index contributed by atoms with van der Waals surface area (Å²) in [5.41, 5.74) is 1.82. The van der Waals surface area contributed by atoms with Crippen LogP contribution in [-0.2, 0) is 6.61 Å². The summed E-state index contributed by atoms with van der Waals surface area (Å²) in [6.07, 6.45) is 2.36. The molecule has 2 aromatic rings. The monoisotopic (exact) mass is 265 g/mol. The molecule has 0 amide bonds. The van der Waals surface area contributed by atoms with Crippen LogP contribution in [0.15, 0.2) is 36.5 Å². The Labute approximate surface area is 119 Å². The van der Waals surface area contributed by atoms with Gasteiger partial charge >= 0.3 is 0 Å². The second kappa shape index (κ2) is 6.77. The van der Waals surface area contributed by atoms with Gasteiger partial charge in [0.2, 0.25) is 0 Å². The van der Waals surface area contributed by atoms with Crippen LogP contribution >= 0.6 is 0 Å². The summed E-state index contributed by atoms with van der Waals surface area (Å²) in [6.45, 7) is 2.13.